The van der Waals surface area contributed by atoms with Crippen LogP contribution < -0.4 is 5.32 Å². The minimum absolute atomic E-state index is 0.0664. The van der Waals surface area contributed by atoms with Crippen LogP contribution in [0.4, 0.5) is 5.69 Å². The number of nitrogens with zero attached hydrogens (tertiary/aromatic N) is 1. The van der Waals surface area contributed by atoms with Gasteiger partial charge in [0.25, 0.3) is 11.6 Å². The van der Waals surface area contributed by atoms with E-state index in [2.05, 4.69) is 11.9 Å². The molecule has 90 valence electrons. The largest absolute Gasteiger partial charge is 0.348 e. The zero-order valence-electron chi connectivity index (χ0n) is 9.20. The molecule has 0 aliphatic heterocycles. The van der Waals surface area contributed by atoms with Gasteiger partial charge in [-0.1, -0.05) is 12.2 Å². The molecule has 5 nitrogen and oxygen atoms in total. The topological polar surface area (TPSA) is 72.2 Å². The molecule has 1 aromatic carbocycles. The summed E-state index contributed by atoms with van der Waals surface area (Å²) in [6.45, 7) is 5.72. The molecule has 0 radical (unpaired) electrons. The lowest BCUT2D eigenvalue weighted by Gasteiger charge is -2.05. The van der Waals surface area contributed by atoms with Gasteiger partial charge in [0.2, 0.25) is 0 Å². The summed E-state index contributed by atoms with van der Waals surface area (Å²) in [6, 6.07) is 4.48. The van der Waals surface area contributed by atoms with Crippen LogP contribution in [0.5, 0.6) is 0 Å². The van der Waals surface area contributed by atoms with Crippen LogP contribution in [-0.4, -0.2) is 17.4 Å². The predicted molar refractivity (Wildman–Crippen MR) is 73.0 cm³/mol. The van der Waals surface area contributed by atoms with Crippen LogP contribution in [0.25, 0.3) is 0 Å². The lowest BCUT2D eigenvalue weighted by molar-refractivity contribution is -0.385. The smallest absolute Gasteiger partial charge is 0.283 e. The Hall–Kier alpha value is -1.44. The highest BCUT2D eigenvalue weighted by Gasteiger charge is 2.19. The van der Waals surface area contributed by atoms with E-state index in [4.69, 9.17) is 0 Å². The molecular weight excluding hydrogens is 335 g/mol. The Balaban J connectivity index is 3.00. The number of halogens is 1. The van der Waals surface area contributed by atoms with E-state index in [-0.39, 0.29) is 11.3 Å². The number of hydrogen-bond acceptors (Lipinski definition) is 3. The minimum Gasteiger partial charge on any atom is -0.348 e. The van der Waals surface area contributed by atoms with E-state index >= 15 is 0 Å². The summed E-state index contributed by atoms with van der Waals surface area (Å²) < 4.78 is 0.714. The van der Waals surface area contributed by atoms with Crippen molar-refractivity contribution >= 4 is 34.2 Å². The predicted octanol–water partition coefficient (Wildman–Crippen LogP) is 2.51. The van der Waals surface area contributed by atoms with Crippen LogP contribution in [0, 0.1) is 13.7 Å². The molecule has 1 aromatic rings. The summed E-state index contributed by atoms with van der Waals surface area (Å²) in [5, 5.41) is 13.4. The molecule has 0 unspecified atom stereocenters. The normalized spacial score (nSPS) is 9.76. The van der Waals surface area contributed by atoms with Crippen molar-refractivity contribution in [2.45, 2.75) is 6.92 Å². The third-order valence-corrected chi connectivity index (χ3v) is 2.62. The number of carbonyl (C=O) groups excluding carboxylic acids is 1. The molecule has 1 amide bonds. The van der Waals surface area contributed by atoms with Gasteiger partial charge in [0, 0.05) is 16.2 Å². The number of nitro benzene ring substituents is 1. The van der Waals surface area contributed by atoms with E-state index in [1.54, 1.807) is 13.0 Å². The standard InChI is InChI=1S/C11H11IN2O3/c1-7(2)6-13-11(15)9-4-3-8(12)5-10(9)14(16)17/h3-5H,1,6H2,2H3,(H,13,15). The van der Waals surface area contributed by atoms with Crippen molar-refractivity contribution in [3.63, 3.8) is 0 Å². The van der Waals surface area contributed by atoms with Crippen molar-refractivity contribution < 1.29 is 9.72 Å². The summed E-state index contributed by atoms with van der Waals surface area (Å²) in [4.78, 5) is 22.0. The van der Waals surface area contributed by atoms with Crippen molar-refractivity contribution in [1.82, 2.24) is 5.32 Å². The Morgan fingerprint density at radius 1 is 1.59 bits per heavy atom. The third-order valence-electron chi connectivity index (χ3n) is 1.95. The molecule has 1 N–H and O–H groups in total. The van der Waals surface area contributed by atoms with Gasteiger partial charge in [-0.15, -0.1) is 0 Å². The van der Waals surface area contributed by atoms with Gasteiger partial charge in [-0.25, -0.2) is 0 Å². The first kappa shape index (κ1) is 13.6. The number of hydrogen-bond donors (Lipinski definition) is 1. The Morgan fingerprint density at radius 2 is 2.24 bits per heavy atom. The number of carbonyl (C=O) groups is 1. The Kier molecular flexibility index (Phi) is 4.62. The van der Waals surface area contributed by atoms with Crippen LogP contribution in [0.2, 0.25) is 0 Å². The van der Waals surface area contributed by atoms with E-state index in [0.717, 1.165) is 5.57 Å². The van der Waals surface area contributed by atoms with Gasteiger partial charge in [-0.2, -0.15) is 0 Å². The summed E-state index contributed by atoms with van der Waals surface area (Å²) in [6.07, 6.45) is 0. The second-order valence-corrected chi connectivity index (χ2v) is 4.80. The first-order valence-electron chi connectivity index (χ1n) is 4.78. The van der Waals surface area contributed by atoms with Crippen LogP contribution in [-0.2, 0) is 0 Å². The van der Waals surface area contributed by atoms with Crippen molar-refractivity contribution in [1.29, 1.82) is 0 Å². The maximum atomic E-state index is 11.7. The number of amides is 1. The van der Waals surface area contributed by atoms with Gasteiger partial charge in [0.1, 0.15) is 5.56 Å². The first-order chi connectivity index (χ1) is 7.91. The number of nitro groups is 1. The van der Waals surface area contributed by atoms with E-state index < -0.39 is 10.8 Å². The van der Waals surface area contributed by atoms with Crippen molar-refractivity contribution in [2.75, 3.05) is 6.54 Å². The zero-order valence-corrected chi connectivity index (χ0v) is 11.4. The van der Waals surface area contributed by atoms with Crippen LogP contribution in [0.3, 0.4) is 0 Å². The fourth-order valence-electron chi connectivity index (χ4n) is 1.17. The maximum Gasteiger partial charge on any atom is 0.283 e. The van der Waals surface area contributed by atoms with Gasteiger partial charge in [0.15, 0.2) is 0 Å². The van der Waals surface area contributed by atoms with Crippen LogP contribution >= 0.6 is 22.6 Å². The van der Waals surface area contributed by atoms with E-state index in [1.807, 2.05) is 22.6 Å². The molecule has 0 spiro atoms. The second-order valence-electron chi connectivity index (χ2n) is 3.56. The number of benzene rings is 1. The molecule has 0 heterocycles. The Bertz CT molecular complexity index is 486. The minimum atomic E-state index is -0.558. The highest BCUT2D eigenvalue weighted by molar-refractivity contribution is 14.1. The Labute approximate surface area is 112 Å². The molecular formula is C11H11IN2O3. The maximum absolute atomic E-state index is 11.7. The summed E-state index contributed by atoms with van der Waals surface area (Å²) >= 11 is 1.96. The summed E-state index contributed by atoms with van der Waals surface area (Å²) in [5.41, 5.74) is 0.666. The highest BCUT2D eigenvalue weighted by Crippen LogP contribution is 2.21. The second kappa shape index (κ2) is 5.76. The average molecular weight is 346 g/mol. The quantitative estimate of drug-likeness (QED) is 0.394. The van der Waals surface area contributed by atoms with Gasteiger partial charge >= 0.3 is 0 Å². The molecule has 0 saturated heterocycles. The van der Waals surface area contributed by atoms with Gasteiger partial charge < -0.3 is 5.32 Å². The van der Waals surface area contributed by atoms with Crippen molar-refractivity contribution in [3.8, 4) is 0 Å². The van der Waals surface area contributed by atoms with Crippen molar-refractivity contribution in [2.24, 2.45) is 0 Å². The lowest BCUT2D eigenvalue weighted by atomic mass is 10.1. The highest BCUT2D eigenvalue weighted by atomic mass is 127. The van der Waals surface area contributed by atoms with E-state index in [0.29, 0.717) is 10.1 Å². The molecule has 0 aliphatic rings. The molecule has 17 heavy (non-hydrogen) atoms. The molecule has 0 atom stereocenters. The zero-order chi connectivity index (χ0) is 13.0. The van der Waals surface area contributed by atoms with Crippen LogP contribution in [0.1, 0.15) is 17.3 Å². The van der Waals surface area contributed by atoms with E-state index in [1.165, 1.54) is 12.1 Å². The molecule has 0 saturated carbocycles. The SMILES string of the molecule is C=C(C)CNC(=O)c1ccc(I)cc1[N+](=O)[O-]. The number of rotatable bonds is 4. The molecule has 0 aromatic heterocycles. The van der Waals surface area contributed by atoms with Gasteiger partial charge in [-0.3, -0.25) is 14.9 Å². The van der Waals surface area contributed by atoms with Crippen molar-refractivity contribution in [3.05, 3.63) is 49.6 Å². The van der Waals surface area contributed by atoms with Gasteiger partial charge in [-0.05, 0) is 41.6 Å². The molecule has 6 heteroatoms. The summed E-state index contributed by atoms with van der Waals surface area (Å²) in [5.74, 6) is -0.462. The van der Waals surface area contributed by atoms with Crippen LogP contribution in [0.15, 0.2) is 30.4 Å². The first-order valence-corrected chi connectivity index (χ1v) is 5.86. The summed E-state index contributed by atoms with van der Waals surface area (Å²) in [7, 11) is 0. The Morgan fingerprint density at radius 3 is 2.76 bits per heavy atom. The molecule has 0 bridgehead atoms. The van der Waals surface area contributed by atoms with Gasteiger partial charge in [0.05, 0.1) is 4.92 Å². The fourth-order valence-corrected chi connectivity index (χ4v) is 1.65. The monoisotopic (exact) mass is 346 g/mol. The fraction of sp³-hybridized carbons (Fsp3) is 0.182. The molecule has 0 fully saturated rings. The van der Waals surface area contributed by atoms with E-state index in [9.17, 15) is 14.9 Å². The average Bonchev–Trinajstić information content (AvgIpc) is 2.25. The lowest BCUT2D eigenvalue weighted by Crippen LogP contribution is -2.25. The molecule has 0 aliphatic carbocycles. The number of nitrogens with one attached hydrogen (secondary N) is 1. The molecule has 1 rings (SSSR count). The third kappa shape index (κ3) is 3.81.